The zero-order valence-electron chi connectivity index (χ0n) is 16.8. The van der Waals surface area contributed by atoms with Crippen LogP contribution in [0, 0.1) is 27.7 Å². The van der Waals surface area contributed by atoms with Crippen LogP contribution in [0.1, 0.15) is 41.7 Å². The Kier molecular flexibility index (Phi) is 4.92. The molecule has 1 aliphatic heterocycles. The summed E-state index contributed by atoms with van der Waals surface area (Å²) in [5.74, 6) is -0.515. The van der Waals surface area contributed by atoms with Gasteiger partial charge in [0.25, 0.3) is 11.8 Å². The van der Waals surface area contributed by atoms with Crippen molar-refractivity contribution in [1.29, 1.82) is 0 Å². The van der Waals surface area contributed by atoms with E-state index in [2.05, 4.69) is 11.4 Å². The van der Waals surface area contributed by atoms with Gasteiger partial charge in [0.15, 0.2) is 0 Å². The third-order valence-electron chi connectivity index (χ3n) is 4.92. The van der Waals surface area contributed by atoms with Gasteiger partial charge in [-0.2, -0.15) is 0 Å². The number of hydrogen-bond donors (Lipinski definition) is 1. The minimum absolute atomic E-state index is 0.204. The molecular formula is C23H26N2O2. The molecule has 0 aliphatic carbocycles. The lowest BCUT2D eigenvalue weighted by molar-refractivity contribution is -0.138. The molecule has 140 valence electrons. The lowest BCUT2D eigenvalue weighted by Gasteiger charge is -2.19. The Hall–Kier alpha value is -2.88. The smallest absolute Gasteiger partial charge is 0.278 e. The molecule has 0 unspecified atom stereocenters. The molecule has 0 saturated heterocycles. The van der Waals surface area contributed by atoms with Crippen molar-refractivity contribution in [3.8, 4) is 0 Å². The quantitative estimate of drug-likeness (QED) is 0.814. The van der Waals surface area contributed by atoms with Gasteiger partial charge in [-0.3, -0.25) is 14.5 Å². The summed E-state index contributed by atoms with van der Waals surface area (Å²) in [4.78, 5) is 27.6. The van der Waals surface area contributed by atoms with Gasteiger partial charge in [-0.25, -0.2) is 0 Å². The van der Waals surface area contributed by atoms with Gasteiger partial charge in [0, 0.05) is 11.7 Å². The summed E-state index contributed by atoms with van der Waals surface area (Å²) >= 11 is 0. The average Bonchev–Trinajstić information content (AvgIpc) is 2.81. The zero-order valence-corrected chi connectivity index (χ0v) is 16.8. The van der Waals surface area contributed by atoms with Crippen LogP contribution in [0.25, 0.3) is 5.57 Å². The van der Waals surface area contributed by atoms with E-state index < -0.39 is 0 Å². The molecule has 2 aromatic rings. The van der Waals surface area contributed by atoms with Crippen LogP contribution in [0.2, 0.25) is 0 Å². The second-order valence-corrected chi connectivity index (χ2v) is 7.59. The molecule has 1 heterocycles. The first-order valence-corrected chi connectivity index (χ1v) is 9.24. The molecule has 2 aromatic carbocycles. The highest BCUT2D eigenvalue weighted by Gasteiger charge is 2.41. The van der Waals surface area contributed by atoms with Crippen LogP contribution in [-0.2, 0) is 9.59 Å². The van der Waals surface area contributed by atoms with Crippen LogP contribution < -0.4 is 5.32 Å². The first-order valence-electron chi connectivity index (χ1n) is 9.24. The molecular weight excluding hydrogens is 336 g/mol. The molecule has 0 radical (unpaired) electrons. The molecule has 0 aromatic heterocycles. The summed E-state index contributed by atoms with van der Waals surface area (Å²) in [6.45, 7) is 11.7. The Morgan fingerprint density at radius 1 is 0.815 bits per heavy atom. The predicted molar refractivity (Wildman–Crippen MR) is 109 cm³/mol. The molecule has 1 aliphatic rings. The van der Waals surface area contributed by atoms with Crippen LogP contribution in [0.4, 0.5) is 5.69 Å². The van der Waals surface area contributed by atoms with Crippen molar-refractivity contribution in [1.82, 2.24) is 4.90 Å². The predicted octanol–water partition coefficient (Wildman–Crippen LogP) is 4.52. The number of carbonyl (C=O) groups is 2. The molecule has 27 heavy (non-hydrogen) atoms. The normalized spacial score (nSPS) is 14.6. The van der Waals surface area contributed by atoms with E-state index in [1.54, 1.807) is 0 Å². The Labute approximate surface area is 160 Å². The standard InChI is InChI=1S/C23H26N2O2/c1-13(2)25-22(26)20(18-9-7-14(3)11-16(18)5)21(23(25)27)24-19-10-8-15(4)12-17(19)6/h7-13,24H,1-6H3. The van der Waals surface area contributed by atoms with E-state index in [1.165, 1.54) is 4.90 Å². The van der Waals surface area contributed by atoms with Crippen molar-refractivity contribution in [2.45, 2.75) is 47.6 Å². The van der Waals surface area contributed by atoms with Crippen LogP contribution in [0.5, 0.6) is 0 Å². The summed E-state index contributed by atoms with van der Waals surface area (Å²) in [6.07, 6.45) is 0. The third-order valence-corrected chi connectivity index (χ3v) is 4.92. The molecule has 0 bridgehead atoms. The number of hydrogen-bond acceptors (Lipinski definition) is 3. The van der Waals surface area contributed by atoms with Crippen molar-refractivity contribution in [2.24, 2.45) is 0 Å². The lowest BCUT2D eigenvalue weighted by Crippen LogP contribution is -2.38. The van der Waals surface area contributed by atoms with E-state index in [0.717, 1.165) is 33.5 Å². The van der Waals surface area contributed by atoms with Crippen molar-refractivity contribution in [3.63, 3.8) is 0 Å². The third kappa shape index (κ3) is 3.39. The Balaban J connectivity index is 2.17. The van der Waals surface area contributed by atoms with Crippen LogP contribution in [0.3, 0.4) is 0 Å². The van der Waals surface area contributed by atoms with Gasteiger partial charge < -0.3 is 5.32 Å². The van der Waals surface area contributed by atoms with Crippen molar-refractivity contribution in [2.75, 3.05) is 5.32 Å². The summed E-state index contributed by atoms with van der Waals surface area (Å²) in [5, 5.41) is 3.26. The monoisotopic (exact) mass is 362 g/mol. The Bertz CT molecular complexity index is 970. The summed E-state index contributed by atoms with van der Waals surface area (Å²) in [6, 6.07) is 11.7. The molecule has 0 saturated carbocycles. The first kappa shape index (κ1) is 18.9. The first-order chi connectivity index (χ1) is 12.7. The second kappa shape index (κ2) is 7.03. The summed E-state index contributed by atoms with van der Waals surface area (Å²) < 4.78 is 0. The van der Waals surface area contributed by atoms with E-state index in [9.17, 15) is 9.59 Å². The van der Waals surface area contributed by atoms with Crippen molar-refractivity contribution < 1.29 is 9.59 Å². The fraction of sp³-hybridized carbons (Fsp3) is 0.304. The number of amides is 2. The SMILES string of the molecule is Cc1ccc(NC2=C(c3ccc(C)cc3C)C(=O)N(C(C)C)C2=O)c(C)c1. The number of anilines is 1. The van der Waals surface area contributed by atoms with Gasteiger partial charge in [-0.1, -0.05) is 41.5 Å². The fourth-order valence-corrected chi connectivity index (χ4v) is 3.56. The molecule has 3 rings (SSSR count). The van der Waals surface area contributed by atoms with Gasteiger partial charge >= 0.3 is 0 Å². The molecule has 0 atom stereocenters. The maximum atomic E-state index is 13.1. The number of benzene rings is 2. The lowest BCUT2D eigenvalue weighted by atomic mass is 9.97. The number of rotatable bonds is 4. The highest BCUT2D eigenvalue weighted by molar-refractivity contribution is 6.36. The van der Waals surface area contributed by atoms with E-state index in [-0.39, 0.29) is 17.9 Å². The number of nitrogens with zero attached hydrogens (tertiary/aromatic N) is 1. The van der Waals surface area contributed by atoms with Crippen molar-refractivity contribution in [3.05, 3.63) is 69.9 Å². The van der Waals surface area contributed by atoms with Gasteiger partial charge in [0.2, 0.25) is 0 Å². The zero-order chi connectivity index (χ0) is 19.9. The average molecular weight is 362 g/mol. The van der Waals surface area contributed by atoms with Crippen LogP contribution in [-0.4, -0.2) is 22.8 Å². The minimum atomic E-state index is -0.273. The fourth-order valence-electron chi connectivity index (χ4n) is 3.56. The van der Waals surface area contributed by atoms with E-state index in [0.29, 0.717) is 11.3 Å². The maximum Gasteiger partial charge on any atom is 0.278 e. The Morgan fingerprint density at radius 2 is 1.41 bits per heavy atom. The van der Waals surface area contributed by atoms with Gasteiger partial charge in [0.05, 0.1) is 5.57 Å². The van der Waals surface area contributed by atoms with E-state index in [4.69, 9.17) is 0 Å². The largest absolute Gasteiger partial charge is 0.350 e. The molecule has 4 nitrogen and oxygen atoms in total. The van der Waals surface area contributed by atoms with Crippen LogP contribution in [0.15, 0.2) is 42.1 Å². The van der Waals surface area contributed by atoms with Crippen molar-refractivity contribution >= 4 is 23.1 Å². The highest BCUT2D eigenvalue weighted by Crippen LogP contribution is 2.34. The highest BCUT2D eigenvalue weighted by atomic mass is 16.2. The number of aryl methyl sites for hydroxylation is 4. The van der Waals surface area contributed by atoms with E-state index >= 15 is 0 Å². The maximum absolute atomic E-state index is 13.1. The number of nitrogens with one attached hydrogen (secondary N) is 1. The molecule has 2 amide bonds. The van der Waals surface area contributed by atoms with E-state index in [1.807, 2.05) is 71.9 Å². The summed E-state index contributed by atoms with van der Waals surface area (Å²) in [5.41, 5.74) is 6.73. The molecule has 0 fully saturated rings. The van der Waals surface area contributed by atoms with Gasteiger partial charge in [0.1, 0.15) is 5.70 Å². The molecule has 0 spiro atoms. The number of imide groups is 1. The Morgan fingerprint density at radius 3 is 1.96 bits per heavy atom. The summed E-state index contributed by atoms with van der Waals surface area (Å²) in [7, 11) is 0. The minimum Gasteiger partial charge on any atom is -0.350 e. The molecule has 1 N–H and O–H groups in total. The molecule has 4 heteroatoms. The van der Waals surface area contributed by atoms with Gasteiger partial charge in [-0.15, -0.1) is 0 Å². The van der Waals surface area contributed by atoms with Gasteiger partial charge in [-0.05, 0) is 64.3 Å². The van der Waals surface area contributed by atoms with Crippen LogP contribution >= 0.6 is 0 Å². The number of carbonyl (C=O) groups excluding carboxylic acids is 2. The second-order valence-electron chi connectivity index (χ2n) is 7.59. The topological polar surface area (TPSA) is 49.4 Å².